The molecule has 0 atom stereocenters. The van der Waals surface area contributed by atoms with Gasteiger partial charge in [0, 0.05) is 43.0 Å². The van der Waals surface area contributed by atoms with E-state index in [0.717, 1.165) is 73.0 Å². The molecule has 0 unspecified atom stereocenters. The molecule has 0 saturated heterocycles. The highest BCUT2D eigenvalue weighted by molar-refractivity contribution is 7.26. The van der Waals surface area contributed by atoms with Crippen LogP contribution in [0.3, 0.4) is 0 Å². The molecule has 8 aromatic carbocycles. The van der Waals surface area contributed by atoms with Crippen LogP contribution in [0.1, 0.15) is 84.6 Å². The van der Waals surface area contributed by atoms with Gasteiger partial charge in [-0.05, 0) is 122 Å². The number of hydrogen-bond donors (Lipinski definition) is 0. The van der Waals surface area contributed by atoms with Gasteiger partial charge in [0.2, 0.25) is 0 Å². The van der Waals surface area contributed by atoms with Gasteiger partial charge in [0.05, 0.1) is 61.5 Å². The molecule has 0 fully saturated rings. The van der Waals surface area contributed by atoms with Crippen LogP contribution >= 0.6 is 11.3 Å². The second-order valence-electron chi connectivity index (χ2n) is 22.9. The van der Waals surface area contributed by atoms with E-state index in [1.165, 1.54) is 64.1 Å². The SMILES string of the molecule is CC(C)(C)c1cc2c3c(c1)-n1c4ccc(C(C)(C)C)cc4c4cc(C(C)(C)C)cc(c41)N3c1cc(C#N)cc3c1B2c1oc2ccc(-c4ccccc4)cc2c1N3c1cccc2c1sc1ccccc12. The zero-order chi connectivity index (χ0) is 47.9. The molecule has 3 aromatic heterocycles. The third-order valence-corrected chi connectivity index (χ3v) is 16.7. The van der Waals surface area contributed by atoms with Crippen molar-refractivity contribution in [2.45, 2.75) is 78.6 Å². The molecule has 11 aromatic rings. The summed E-state index contributed by atoms with van der Waals surface area (Å²) in [5, 5.41) is 17.3. The molecule has 3 aliphatic rings. The molecule has 0 bridgehead atoms. The predicted octanol–water partition coefficient (Wildman–Crippen LogP) is 15.7. The van der Waals surface area contributed by atoms with Crippen molar-refractivity contribution in [2.75, 3.05) is 9.80 Å². The summed E-state index contributed by atoms with van der Waals surface area (Å²) in [6, 6.07) is 56.7. The Bertz CT molecular complexity index is 4160. The number of hydrogen-bond acceptors (Lipinski definition) is 5. The number of aromatic nitrogens is 1. The van der Waals surface area contributed by atoms with E-state index in [0.29, 0.717) is 5.56 Å². The van der Waals surface area contributed by atoms with Gasteiger partial charge in [0.15, 0.2) is 0 Å². The summed E-state index contributed by atoms with van der Waals surface area (Å²) >= 11 is 1.83. The first-order valence-corrected chi connectivity index (χ1v) is 25.4. The molecule has 0 amide bonds. The lowest BCUT2D eigenvalue weighted by Crippen LogP contribution is -2.61. The highest BCUT2D eigenvalue weighted by Gasteiger charge is 2.50. The van der Waals surface area contributed by atoms with E-state index in [2.05, 4.69) is 228 Å². The number of nitrogens with zero attached hydrogens (tertiary/aromatic N) is 4. The van der Waals surface area contributed by atoms with Crippen molar-refractivity contribution in [3.8, 4) is 22.9 Å². The molecular formula is C63H51BN4OS. The molecule has 7 heteroatoms. The summed E-state index contributed by atoms with van der Waals surface area (Å²) in [5.41, 5.74) is 20.4. The van der Waals surface area contributed by atoms with Gasteiger partial charge in [-0.15, -0.1) is 11.3 Å². The highest BCUT2D eigenvalue weighted by Crippen LogP contribution is 2.56. The summed E-state index contributed by atoms with van der Waals surface area (Å²) in [6.07, 6.45) is 0. The van der Waals surface area contributed by atoms with E-state index in [9.17, 15) is 5.26 Å². The molecular weight excluding hydrogens is 872 g/mol. The second-order valence-corrected chi connectivity index (χ2v) is 24.0. The molecule has 338 valence electrons. The Morgan fingerprint density at radius 3 is 1.93 bits per heavy atom. The zero-order valence-electron chi connectivity index (χ0n) is 41.0. The minimum atomic E-state index is -0.289. The summed E-state index contributed by atoms with van der Waals surface area (Å²) in [5.74, 6) is 0. The van der Waals surface area contributed by atoms with Gasteiger partial charge in [-0.25, -0.2) is 0 Å². The predicted molar refractivity (Wildman–Crippen MR) is 297 cm³/mol. The van der Waals surface area contributed by atoms with E-state index in [4.69, 9.17) is 4.42 Å². The highest BCUT2D eigenvalue weighted by atomic mass is 32.1. The van der Waals surface area contributed by atoms with Gasteiger partial charge in [-0.1, -0.05) is 141 Å². The van der Waals surface area contributed by atoms with Crippen molar-refractivity contribution in [3.05, 3.63) is 168 Å². The number of fused-ring (bicyclic) bond motifs is 14. The lowest BCUT2D eigenvalue weighted by molar-refractivity contribution is 0.590. The van der Waals surface area contributed by atoms with Gasteiger partial charge in [-0.3, -0.25) is 0 Å². The molecule has 6 heterocycles. The average molecular weight is 923 g/mol. The number of nitriles is 1. The van der Waals surface area contributed by atoms with Crippen LogP contribution in [0.4, 0.5) is 34.1 Å². The summed E-state index contributed by atoms with van der Waals surface area (Å²) in [6.45, 7) is 20.6. The molecule has 0 saturated carbocycles. The zero-order valence-corrected chi connectivity index (χ0v) is 41.9. The van der Waals surface area contributed by atoms with E-state index in [1.54, 1.807) is 0 Å². The van der Waals surface area contributed by atoms with Crippen LogP contribution in [-0.2, 0) is 16.2 Å². The first kappa shape index (κ1) is 41.4. The maximum atomic E-state index is 11.2. The number of rotatable bonds is 2. The van der Waals surface area contributed by atoms with E-state index in [-0.39, 0.29) is 23.0 Å². The second kappa shape index (κ2) is 13.8. The standard InChI is InChI=1S/C63H51BN4OS/c1-61(2,3)38-23-24-47-43(29-38)44-30-39(62(4,5)6)32-51-56(44)66(47)52-33-40(63(7,8)9)31-46-58(52)68(51)50-27-35(34-65)26-49-55(50)64(46)60-57(45-28-37(22-25-53(45)69-60)36-16-11-10-12-17-36)67(49)48-20-15-19-42-41-18-13-14-21-54(41)70-59(42)48/h10-33H,1-9H3. The molecule has 70 heavy (non-hydrogen) atoms. The van der Waals surface area contributed by atoms with Gasteiger partial charge in [0.25, 0.3) is 6.71 Å². The van der Waals surface area contributed by atoms with E-state index in [1.807, 2.05) is 11.3 Å². The van der Waals surface area contributed by atoms with Gasteiger partial charge >= 0.3 is 0 Å². The van der Waals surface area contributed by atoms with Crippen molar-refractivity contribution < 1.29 is 4.42 Å². The third kappa shape index (κ3) is 5.60. The van der Waals surface area contributed by atoms with Gasteiger partial charge in [-0.2, -0.15) is 5.26 Å². The average Bonchev–Trinajstić information content (AvgIpc) is 4.02. The number of thiophene rings is 1. The molecule has 0 aliphatic carbocycles. The van der Waals surface area contributed by atoms with E-state index >= 15 is 0 Å². The minimum absolute atomic E-state index is 0.0314. The largest absolute Gasteiger partial charge is 0.468 e. The lowest BCUT2D eigenvalue weighted by atomic mass is 9.35. The Labute approximate surface area is 412 Å². The minimum Gasteiger partial charge on any atom is -0.468 e. The molecule has 14 rings (SSSR count). The fraction of sp³-hybridized carbons (Fsp3) is 0.190. The van der Waals surface area contributed by atoms with E-state index < -0.39 is 0 Å². The molecule has 0 spiro atoms. The van der Waals surface area contributed by atoms with Gasteiger partial charge in [0.1, 0.15) is 5.58 Å². The Kier molecular flexibility index (Phi) is 8.19. The maximum absolute atomic E-state index is 11.2. The van der Waals surface area contributed by atoms with Crippen LogP contribution in [-0.4, -0.2) is 11.3 Å². The van der Waals surface area contributed by atoms with Crippen LogP contribution in [0.25, 0.3) is 69.8 Å². The normalized spacial score (nSPS) is 14.0. The molecule has 3 aliphatic heterocycles. The monoisotopic (exact) mass is 922 g/mol. The topological polar surface area (TPSA) is 48.3 Å². The van der Waals surface area contributed by atoms with Crippen molar-refractivity contribution in [2.24, 2.45) is 0 Å². The van der Waals surface area contributed by atoms with Crippen LogP contribution < -0.4 is 26.4 Å². The molecule has 5 nitrogen and oxygen atoms in total. The maximum Gasteiger partial charge on any atom is 0.297 e. The fourth-order valence-electron chi connectivity index (χ4n) is 11.9. The van der Waals surface area contributed by atoms with Gasteiger partial charge < -0.3 is 18.8 Å². The van der Waals surface area contributed by atoms with Crippen molar-refractivity contribution in [1.82, 2.24) is 4.57 Å². The Morgan fingerprint density at radius 2 is 1.19 bits per heavy atom. The van der Waals surface area contributed by atoms with Crippen LogP contribution in [0.5, 0.6) is 0 Å². The third-order valence-electron chi connectivity index (χ3n) is 15.5. The summed E-state index contributed by atoms with van der Waals surface area (Å²) in [7, 11) is 0. The quantitative estimate of drug-likeness (QED) is 0.162. The fourth-order valence-corrected chi connectivity index (χ4v) is 13.1. The summed E-state index contributed by atoms with van der Waals surface area (Å²) in [4.78, 5) is 4.99. The van der Waals surface area contributed by atoms with Crippen LogP contribution in [0.2, 0.25) is 0 Å². The number of benzene rings is 8. The number of furan rings is 1. The first-order valence-electron chi connectivity index (χ1n) is 24.6. The molecule has 0 radical (unpaired) electrons. The van der Waals surface area contributed by atoms with Crippen molar-refractivity contribution in [1.29, 1.82) is 5.26 Å². The van der Waals surface area contributed by atoms with Crippen molar-refractivity contribution in [3.63, 3.8) is 0 Å². The first-order chi connectivity index (χ1) is 33.6. The Balaban J connectivity index is 1.17. The Morgan fingerprint density at radius 1 is 0.514 bits per heavy atom. The van der Waals surface area contributed by atoms with Crippen LogP contribution in [0, 0.1) is 11.3 Å². The van der Waals surface area contributed by atoms with Crippen LogP contribution in [0.15, 0.2) is 150 Å². The Hall–Kier alpha value is -7.53. The summed E-state index contributed by atoms with van der Waals surface area (Å²) < 4.78 is 12.5. The van der Waals surface area contributed by atoms with Crippen molar-refractivity contribution >= 4 is 122 Å². The lowest BCUT2D eigenvalue weighted by Gasteiger charge is -2.45. The number of anilines is 6. The smallest absolute Gasteiger partial charge is 0.297 e. The molecule has 0 N–H and O–H groups in total.